The van der Waals surface area contributed by atoms with Crippen molar-refractivity contribution in [3.05, 3.63) is 33.8 Å². The van der Waals surface area contributed by atoms with Crippen LogP contribution >= 0.6 is 11.3 Å². The lowest BCUT2D eigenvalue weighted by Gasteiger charge is -1.99. The average Bonchev–Trinajstić information content (AvgIpc) is 2.95. The Labute approximate surface area is 103 Å². The van der Waals surface area contributed by atoms with Gasteiger partial charge < -0.3 is 4.57 Å². The van der Waals surface area contributed by atoms with Gasteiger partial charge >= 0.3 is 0 Å². The van der Waals surface area contributed by atoms with Crippen molar-refractivity contribution in [2.45, 2.75) is 19.9 Å². The molecule has 5 nitrogen and oxygen atoms in total. The summed E-state index contributed by atoms with van der Waals surface area (Å²) < 4.78 is 1.65. The van der Waals surface area contributed by atoms with E-state index in [1.807, 2.05) is 24.4 Å². The molecule has 6 heteroatoms. The number of nitriles is 2. The fourth-order valence-electron chi connectivity index (χ4n) is 1.46. The molecule has 17 heavy (non-hydrogen) atoms. The van der Waals surface area contributed by atoms with Crippen LogP contribution < -0.4 is 0 Å². The monoisotopic (exact) mass is 243 g/mol. The SMILES string of the molecule is CCc1nc(Cn2cnc(C#N)c2C#N)cs1. The summed E-state index contributed by atoms with van der Waals surface area (Å²) >= 11 is 1.60. The Morgan fingerprint density at radius 1 is 1.41 bits per heavy atom. The molecule has 0 aliphatic heterocycles. The molecule has 0 radical (unpaired) electrons. The maximum Gasteiger partial charge on any atom is 0.176 e. The first-order chi connectivity index (χ1) is 8.28. The van der Waals surface area contributed by atoms with Crippen LogP contribution in [0.5, 0.6) is 0 Å². The Hall–Kier alpha value is -2.18. The Kier molecular flexibility index (Phi) is 3.17. The number of aryl methyl sites for hydroxylation is 1. The van der Waals surface area contributed by atoms with Crippen LogP contribution in [0.4, 0.5) is 0 Å². The van der Waals surface area contributed by atoms with Crippen molar-refractivity contribution in [1.82, 2.24) is 14.5 Å². The van der Waals surface area contributed by atoms with Crippen LogP contribution in [-0.2, 0) is 13.0 Å². The summed E-state index contributed by atoms with van der Waals surface area (Å²) in [7, 11) is 0. The van der Waals surface area contributed by atoms with E-state index in [-0.39, 0.29) is 5.69 Å². The van der Waals surface area contributed by atoms with E-state index in [1.54, 1.807) is 15.9 Å². The minimum atomic E-state index is 0.165. The van der Waals surface area contributed by atoms with Crippen molar-refractivity contribution in [2.75, 3.05) is 0 Å². The Morgan fingerprint density at radius 3 is 2.82 bits per heavy atom. The molecule has 0 saturated heterocycles. The van der Waals surface area contributed by atoms with Crippen molar-refractivity contribution in [2.24, 2.45) is 0 Å². The summed E-state index contributed by atoms with van der Waals surface area (Å²) in [5.41, 5.74) is 1.35. The molecule has 0 aliphatic carbocycles. The van der Waals surface area contributed by atoms with Crippen LogP contribution in [0.2, 0.25) is 0 Å². The van der Waals surface area contributed by atoms with E-state index in [0.717, 1.165) is 17.1 Å². The van der Waals surface area contributed by atoms with Crippen molar-refractivity contribution < 1.29 is 0 Å². The average molecular weight is 243 g/mol. The molecule has 2 rings (SSSR count). The van der Waals surface area contributed by atoms with Gasteiger partial charge in [-0.05, 0) is 6.42 Å². The van der Waals surface area contributed by atoms with Crippen LogP contribution in [0, 0.1) is 22.7 Å². The molecule has 0 spiro atoms. The Morgan fingerprint density at radius 2 is 2.24 bits per heavy atom. The van der Waals surface area contributed by atoms with Crippen molar-refractivity contribution in [1.29, 1.82) is 10.5 Å². The van der Waals surface area contributed by atoms with Gasteiger partial charge in [0.05, 0.1) is 23.6 Å². The van der Waals surface area contributed by atoms with E-state index in [2.05, 4.69) is 9.97 Å². The molecule has 2 aromatic rings. The van der Waals surface area contributed by atoms with Crippen molar-refractivity contribution in [3.63, 3.8) is 0 Å². The largest absolute Gasteiger partial charge is 0.315 e. The molecule has 0 amide bonds. The van der Waals surface area contributed by atoms with Gasteiger partial charge in [0.2, 0.25) is 0 Å². The van der Waals surface area contributed by atoms with Gasteiger partial charge in [0.1, 0.15) is 12.1 Å². The molecule has 84 valence electrons. The van der Waals surface area contributed by atoms with Gasteiger partial charge in [0, 0.05) is 5.38 Å². The van der Waals surface area contributed by atoms with Gasteiger partial charge in [-0.3, -0.25) is 0 Å². The maximum absolute atomic E-state index is 8.97. The van der Waals surface area contributed by atoms with E-state index in [0.29, 0.717) is 12.2 Å². The summed E-state index contributed by atoms with van der Waals surface area (Å²) in [4.78, 5) is 8.30. The zero-order valence-electron chi connectivity index (χ0n) is 9.21. The zero-order valence-corrected chi connectivity index (χ0v) is 10.0. The van der Waals surface area contributed by atoms with Crippen LogP contribution in [0.25, 0.3) is 0 Å². The molecule has 0 atom stereocenters. The first kappa shape index (κ1) is 11.3. The molecule has 0 saturated carbocycles. The standard InChI is InChI=1S/C11H9N5S/c1-2-11-15-8(6-17-11)5-16-7-14-9(3-12)10(16)4-13/h6-7H,2,5H2,1H3. The van der Waals surface area contributed by atoms with Crippen LogP contribution in [0.3, 0.4) is 0 Å². The second kappa shape index (κ2) is 4.77. The summed E-state index contributed by atoms with van der Waals surface area (Å²) in [6, 6.07) is 3.89. The van der Waals surface area contributed by atoms with Gasteiger partial charge in [-0.1, -0.05) is 6.92 Å². The van der Waals surface area contributed by atoms with Crippen molar-refractivity contribution in [3.8, 4) is 12.1 Å². The second-order valence-corrected chi connectivity index (χ2v) is 4.32. The van der Waals surface area contributed by atoms with Crippen LogP contribution in [0.15, 0.2) is 11.7 Å². The van der Waals surface area contributed by atoms with Gasteiger partial charge in [0.25, 0.3) is 0 Å². The molecular formula is C11H9N5S. The second-order valence-electron chi connectivity index (χ2n) is 3.38. The molecule has 0 N–H and O–H groups in total. The summed E-state index contributed by atoms with van der Waals surface area (Å²) in [6.07, 6.45) is 2.41. The number of thiazole rings is 1. The number of hydrogen-bond donors (Lipinski definition) is 0. The van der Waals surface area contributed by atoms with E-state index >= 15 is 0 Å². The molecule has 0 aliphatic rings. The summed E-state index contributed by atoms with van der Waals surface area (Å²) in [6.45, 7) is 2.53. The van der Waals surface area contributed by atoms with Gasteiger partial charge in [-0.25, -0.2) is 9.97 Å². The third-order valence-corrected chi connectivity index (χ3v) is 3.33. The van der Waals surface area contributed by atoms with Gasteiger partial charge in [0.15, 0.2) is 11.4 Å². The fourth-order valence-corrected chi connectivity index (χ4v) is 2.20. The summed E-state index contributed by atoms with van der Waals surface area (Å²) in [5.74, 6) is 0. The molecule has 2 heterocycles. The highest BCUT2D eigenvalue weighted by atomic mass is 32.1. The lowest BCUT2D eigenvalue weighted by molar-refractivity contribution is 0.764. The lowest BCUT2D eigenvalue weighted by Crippen LogP contribution is -2.02. The first-order valence-electron chi connectivity index (χ1n) is 5.07. The number of rotatable bonds is 3. The van der Waals surface area contributed by atoms with E-state index in [9.17, 15) is 0 Å². The Bertz CT molecular complexity index is 611. The number of aromatic nitrogens is 3. The van der Waals surface area contributed by atoms with E-state index in [4.69, 9.17) is 10.5 Å². The normalized spacial score (nSPS) is 9.82. The van der Waals surface area contributed by atoms with Gasteiger partial charge in [-0.15, -0.1) is 11.3 Å². The quantitative estimate of drug-likeness (QED) is 0.821. The summed E-state index contributed by atoms with van der Waals surface area (Å²) in [5, 5.41) is 20.8. The highest BCUT2D eigenvalue weighted by Gasteiger charge is 2.11. The third kappa shape index (κ3) is 2.17. The number of nitrogens with zero attached hydrogens (tertiary/aromatic N) is 5. The smallest absolute Gasteiger partial charge is 0.176 e. The highest BCUT2D eigenvalue weighted by molar-refractivity contribution is 7.09. The van der Waals surface area contributed by atoms with Crippen LogP contribution in [0.1, 0.15) is 29.0 Å². The molecule has 2 aromatic heterocycles. The number of hydrogen-bond acceptors (Lipinski definition) is 5. The molecule has 0 unspecified atom stereocenters. The molecule has 0 fully saturated rings. The van der Waals surface area contributed by atoms with E-state index < -0.39 is 0 Å². The fraction of sp³-hybridized carbons (Fsp3) is 0.273. The minimum Gasteiger partial charge on any atom is -0.315 e. The van der Waals surface area contributed by atoms with Crippen molar-refractivity contribution >= 4 is 11.3 Å². The lowest BCUT2D eigenvalue weighted by atomic mass is 10.3. The first-order valence-corrected chi connectivity index (χ1v) is 5.95. The minimum absolute atomic E-state index is 0.165. The molecule has 0 bridgehead atoms. The third-order valence-electron chi connectivity index (χ3n) is 2.28. The highest BCUT2D eigenvalue weighted by Crippen LogP contribution is 2.13. The van der Waals surface area contributed by atoms with E-state index in [1.165, 1.54) is 6.33 Å². The maximum atomic E-state index is 8.97. The zero-order chi connectivity index (χ0) is 12.3. The topological polar surface area (TPSA) is 78.3 Å². The van der Waals surface area contributed by atoms with Gasteiger partial charge in [-0.2, -0.15) is 10.5 Å². The molecule has 0 aromatic carbocycles. The predicted molar refractivity (Wildman–Crippen MR) is 62.3 cm³/mol. The predicted octanol–water partition coefficient (Wildman–Crippen LogP) is 1.69. The Balaban J connectivity index is 2.28. The number of imidazole rings is 1. The van der Waals surface area contributed by atoms with Crippen LogP contribution in [-0.4, -0.2) is 14.5 Å². The molecular weight excluding hydrogens is 234 g/mol.